The molecule has 0 unspecified atom stereocenters. The van der Waals surface area contributed by atoms with E-state index in [0.717, 1.165) is 44.0 Å². The van der Waals surface area contributed by atoms with E-state index in [9.17, 15) is 0 Å². The Labute approximate surface area is 143 Å². The summed E-state index contributed by atoms with van der Waals surface area (Å²) in [6, 6.07) is 4.00. The molecule has 0 amide bonds. The summed E-state index contributed by atoms with van der Waals surface area (Å²) in [5, 5.41) is 8.12. The van der Waals surface area contributed by atoms with Gasteiger partial charge in [0.05, 0.1) is 17.9 Å². The van der Waals surface area contributed by atoms with E-state index < -0.39 is 0 Å². The van der Waals surface area contributed by atoms with Gasteiger partial charge in [0.1, 0.15) is 0 Å². The van der Waals surface area contributed by atoms with Crippen LogP contribution in [-0.2, 0) is 18.3 Å². The summed E-state index contributed by atoms with van der Waals surface area (Å²) in [5.41, 5.74) is 3.27. The third-order valence-corrected chi connectivity index (χ3v) is 4.26. The first-order valence-electron chi connectivity index (χ1n) is 8.63. The highest BCUT2D eigenvalue weighted by Gasteiger charge is 2.21. The second kappa shape index (κ2) is 7.88. The Hall–Kier alpha value is -1.76. The molecule has 3 rings (SSSR count). The first-order valence-corrected chi connectivity index (χ1v) is 8.63. The molecule has 0 bridgehead atoms. The van der Waals surface area contributed by atoms with Crippen LogP contribution in [0.5, 0.6) is 0 Å². The van der Waals surface area contributed by atoms with Crippen molar-refractivity contribution in [3.63, 3.8) is 0 Å². The molecule has 3 heterocycles. The van der Waals surface area contributed by atoms with Crippen molar-refractivity contribution in [1.29, 1.82) is 0 Å². The first kappa shape index (κ1) is 17.1. The molecule has 6 heteroatoms. The molecule has 2 aromatic heterocycles. The van der Waals surface area contributed by atoms with E-state index in [4.69, 9.17) is 4.74 Å². The fraction of sp³-hybridized carbons (Fsp3) is 0.556. The Kier molecular flexibility index (Phi) is 5.60. The van der Waals surface area contributed by atoms with Crippen molar-refractivity contribution in [1.82, 2.24) is 25.0 Å². The summed E-state index contributed by atoms with van der Waals surface area (Å²) in [5.74, 6) is 0. The average molecular weight is 329 g/mol. The van der Waals surface area contributed by atoms with Gasteiger partial charge in [0.2, 0.25) is 0 Å². The number of aromatic nitrogens is 3. The van der Waals surface area contributed by atoms with Crippen LogP contribution in [0.15, 0.2) is 30.7 Å². The average Bonchev–Trinajstić information content (AvgIpc) is 2.92. The van der Waals surface area contributed by atoms with Crippen LogP contribution in [0.25, 0.3) is 11.3 Å². The molecule has 1 aliphatic rings. The molecule has 0 aliphatic carbocycles. The number of pyridine rings is 1. The molecule has 1 saturated heterocycles. The standard InChI is InChI=1S/C18H27N5O/c1-14-11-23(12-15(2)24-14)8-7-20-10-17-13-22(3)21-18(17)16-5-4-6-19-9-16/h4-6,9,13-15,20H,7-8,10-12H2,1-3H3/t14-,15-/m0/s1. The van der Waals surface area contributed by atoms with Crippen molar-refractivity contribution in [3.8, 4) is 11.3 Å². The lowest BCUT2D eigenvalue weighted by molar-refractivity contribution is -0.0674. The van der Waals surface area contributed by atoms with Crippen LogP contribution < -0.4 is 5.32 Å². The van der Waals surface area contributed by atoms with Crippen LogP contribution in [0.3, 0.4) is 0 Å². The summed E-state index contributed by atoms with van der Waals surface area (Å²) < 4.78 is 7.65. The normalized spacial score (nSPS) is 22.0. The highest BCUT2D eigenvalue weighted by Crippen LogP contribution is 2.20. The predicted molar refractivity (Wildman–Crippen MR) is 94.6 cm³/mol. The van der Waals surface area contributed by atoms with Crippen molar-refractivity contribution < 1.29 is 4.74 Å². The molecule has 0 radical (unpaired) electrons. The van der Waals surface area contributed by atoms with Gasteiger partial charge in [-0.05, 0) is 26.0 Å². The van der Waals surface area contributed by atoms with Crippen LogP contribution >= 0.6 is 0 Å². The van der Waals surface area contributed by atoms with E-state index in [1.165, 1.54) is 5.56 Å². The summed E-state index contributed by atoms with van der Waals surface area (Å²) in [6.45, 7) is 9.13. The molecule has 1 aliphatic heterocycles. The SMILES string of the molecule is C[C@H]1CN(CCNCc2cn(C)nc2-c2cccnc2)C[C@H](C)O1. The van der Waals surface area contributed by atoms with Gasteiger partial charge in [-0.2, -0.15) is 5.10 Å². The van der Waals surface area contributed by atoms with Gasteiger partial charge in [0.15, 0.2) is 0 Å². The van der Waals surface area contributed by atoms with Crippen LogP contribution in [0.1, 0.15) is 19.4 Å². The van der Waals surface area contributed by atoms with E-state index in [1.54, 1.807) is 6.20 Å². The van der Waals surface area contributed by atoms with Gasteiger partial charge in [0.25, 0.3) is 0 Å². The van der Waals surface area contributed by atoms with Crippen LogP contribution in [0.4, 0.5) is 0 Å². The van der Waals surface area contributed by atoms with E-state index in [2.05, 4.69) is 46.4 Å². The molecule has 2 atom stereocenters. The Morgan fingerprint density at radius 3 is 2.79 bits per heavy atom. The zero-order valence-electron chi connectivity index (χ0n) is 14.8. The molecule has 0 aromatic carbocycles. The van der Waals surface area contributed by atoms with E-state index in [1.807, 2.05) is 24.0 Å². The lowest BCUT2D eigenvalue weighted by Gasteiger charge is -2.35. The first-order chi connectivity index (χ1) is 11.6. The van der Waals surface area contributed by atoms with Gasteiger partial charge < -0.3 is 10.1 Å². The topological polar surface area (TPSA) is 55.2 Å². The minimum Gasteiger partial charge on any atom is -0.373 e. The van der Waals surface area contributed by atoms with Crippen molar-refractivity contribution in [2.24, 2.45) is 7.05 Å². The zero-order valence-corrected chi connectivity index (χ0v) is 14.8. The van der Waals surface area contributed by atoms with Crippen LogP contribution in [0, 0.1) is 0 Å². The minimum atomic E-state index is 0.323. The maximum atomic E-state index is 5.78. The number of nitrogens with zero attached hydrogens (tertiary/aromatic N) is 4. The second-order valence-electron chi connectivity index (χ2n) is 6.61. The molecular weight excluding hydrogens is 302 g/mol. The van der Waals surface area contributed by atoms with E-state index in [-0.39, 0.29) is 0 Å². The molecule has 24 heavy (non-hydrogen) atoms. The van der Waals surface area contributed by atoms with Gasteiger partial charge in [-0.25, -0.2) is 0 Å². The van der Waals surface area contributed by atoms with Crippen molar-refractivity contribution >= 4 is 0 Å². The van der Waals surface area contributed by atoms with Crippen LogP contribution in [0.2, 0.25) is 0 Å². The molecular formula is C18H27N5O. The third kappa shape index (κ3) is 4.41. The Balaban J connectivity index is 1.52. The number of rotatable bonds is 6. The summed E-state index contributed by atoms with van der Waals surface area (Å²) >= 11 is 0. The maximum absolute atomic E-state index is 5.78. The molecule has 2 aromatic rings. The van der Waals surface area contributed by atoms with Crippen molar-refractivity contribution in [3.05, 3.63) is 36.3 Å². The lowest BCUT2D eigenvalue weighted by Crippen LogP contribution is -2.47. The fourth-order valence-corrected chi connectivity index (χ4v) is 3.34. The second-order valence-corrected chi connectivity index (χ2v) is 6.61. The number of hydrogen-bond donors (Lipinski definition) is 1. The number of nitrogens with one attached hydrogen (secondary N) is 1. The Morgan fingerprint density at radius 2 is 2.08 bits per heavy atom. The van der Waals surface area contributed by atoms with Gasteiger partial charge >= 0.3 is 0 Å². The smallest absolute Gasteiger partial charge is 0.0983 e. The zero-order chi connectivity index (χ0) is 16.9. The largest absolute Gasteiger partial charge is 0.373 e. The molecule has 1 fully saturated rings. The molecule has 1 N–H and O–H groups in total. The van der Waals surface area contributed by atoms with Gasteiger partial charge in [0, 0.05) is 69.5 Å². The lowest BCUT2D eigenvalue weighted by atomic mass is 10.1. The predicted octanol–water partition coefficient (Wildman–Crippen LogP) is 1.68. The molecule has 0 saturated carbocycles. The van der Waals surface area contributed by atoms with Crippen LogP contribution in [-0.4, -0.2) is 58.1 Å². The number of ether oxygens (including phenoxy) is 1. The molecule has 6 nitrogen and oxygen atoms in total. The monoisotopic (exact) mass is 329 g/mol. The Morgan fingerprint density at radius 1 is 1.29 bits per heavy atom. The highest BCUT2D eigenvalue weighted by molar-refractivity contribution is 5.61. The maximum Gasteiger partial charge on any atom is 0.0983 e. The van der Waals surface area contributed by atoms with E-state index in [0.29, 0.717) is 12.2 Å². The highest BCUT2D eigenvalue weighted by atomic mass is 16.5. The van der Waals surface area contributed by atoms with E-state index >= 15 is 0 Å². The number of morpholine rings is 1. The minimum absolute atomic E-state index is 0.323. The number of aryl methyl sites for hydroxylation is 1. The van der Waals surface area contributed by atoms with Gasteiger partial charge in [-0.15, -0.1) is 0 Å². The van der Waals surface area contributed by atoms with Crippen molar-refractivity contribution in [2.75, 3.05) is 26.2 Å². The molecule has 0 spiro atoms. The van der Waals surface area contributed by atoms with Gasteiger partial charge in [-0.3, -0.25) is 14.6 Å². The third-order valence-electron chi connectivity index (χ3n) is 4.26. The quantitative estimate of drug-likeness (QED) is 0.817. The van der Waals surface area contributed by atoms with Crippen molar-refractivity contribution in [2.45, 2.75) is 32.6 Å². The molecule has 130 valence electrons. The summed E-state index contributed by atoms with van der Waals surface area (Å²) in [7, 11) is 1.96. The fourth-order valence-electron chi connectivity index (χ4n) is 3.34. The Bertz CT molecular complexity index is 632. The summed E-state index contributed by atoms with van der Waals surface area (Å²) in [4.78, 5) is 6.66. The van der Waals surface area contributed by atoms with Gasteiger partial charge in [-0.1, -0.05) is 0 Å². The summed E-state index contributed by atoms with van der Waals surface area (Å²) in [6.07, 6.45) is 6.37. The number of hydrogen-bond acceptors (Lipinski definition) is 5.